The Kier molecular flexibility index (Phi) is 5.20. The van der Waals surface area contributed by atoms with Crippen LogP contribution in [-0.4, -0.2) is 17.4 Å². The van der Waals surface area contributed by atoms with Crippen molar-refractivity contribution in [2.75, 3.05) is 6.54 Å². The van der Waals surface area contributed by atoms with Crippen LogP contribution in [0, 0.1) is 20.8 Å². The van der Waals surface area contributed by atoms with E-state index in [1.54, 1.807) is 0 Å². The van der Waals surface area contributed by atoms with Gasteiger partial charge in [-0.1, -0.05) is 24.3 Å². The lowest BCUT2D eigenvalue weighted by atomic mass is 10.0. The summed E-state index contributed by atoms with van der Waals surface area (Å²) in [5, 5.41) is 3.00. The van der Waals surface area contributed by atoms with Gasteiger partial charge in [0.2, 0.25) is 5.91 Å². The minimum absolute atomic E-state index is 0.128. The van der Waals surface area contributed by atoms with E-state index in [4.69, 9.17) is 0 Å². The zero-order valence-electron chi connectivity index (χ0n) is 13.1. The van der Waals surface area contributed by atoms with E-state index >= 15 is 0 Å². The summed E-state index contributed by atoms with van der Waals surface area (Å²) in [7, 11) is 0. The molecule has 0 spiro atoms. The number of benzene rings is 1. The van der Waals surface area contributed by atoms with Crippen LogP contribution in [-0.2, 0) is 17.6 Å². The number of nitrogens with one attached hydrogen (secondary N) is 2. The van der Waals surface area contributed by atoms with Gasteiger partial charge in [-0.15, -0.1) is 0 Å². The van der Waals surface area contributed by atoms with Crippen molar-refractivity contribution in [3.8, 4) is 0 Å². The Bertz CT molecular complexity index is 613. The summed E-state index contributed by atoms with van der Waals surface area (Å²) < 4.78 is 0. The summed E-state index contributed by atoms with van der Waals surface area (Å²) in [4.78, 5) is 15.2. The first-order chi connectivity index (χ1) is 10.1. The number of amides is 1. The van der Waals surface area contributed by atoms with Gasteiger partial charge in [-0.05, 0) is 56.4 Å². The molecule has 3 nitrogen and oxygen atoms in total. The van der Waals surface area contributed by atoms with E-state index in [1.807, 2.05) is 12.1 Å². The summed E-state index contributed by atoms with van der Waals surface area (Å²) in [6, 6.07) is 10.4. The molecule has 1 aromatic carbocycles. The zero-order valence-corrected chi connectivity index (χ0v) is 13.1. The number of hydrogen-bond donors (Lipinski definition) is 2. The SMILES string of the molecule is Cc1cc(CCNC(=O)CCc2ccccc2C)c(C)[nH]1. The molecule has 0 bridgehead atoms. The molecular formula is C18H24N2O. The van der Waals surface area contributed by atoms with Crippen molar-refractivity contribution in [1.82, 2.24) is 10.3 Å². The predicted octanol–water partition coefficient (Wildman–Crippen LogP) is 3.23. The first-order valence-electron chi connectivity index (χ1n) is 7.52. The molecule has 0 atom stereocenters. The standard InChI is InChI=1S/C18H24N2O/c1-13-6-4-5-7-16(13)8-9-18(21)19-11-10-17-12-14(2)20-15(17)3/h4-7,12,20H,8-11H2,1-3H3,(H,19,21). The smallest absolute Gasteiger partial charge is 0.220 e. The van der Waals surface area contributed by atoms with Gasteiger partial charge in [-0.3, -0.25) is 4.79 Å². The van der Waals surface area contributed by atoms with E-state index in [9.17, 15) is 4.79 Å². The minimum atomic E-state index is 0.128. The Morgan fingerprint density at radius 1 is 1.10 bits per heavy atom. The van der Waals surface area contributed by atoms with Crippen molar-refractivity contribution in [1.29, 1.82) is 0 Å². The fourth-order valence-corrected chi connectivity index (χ4v) is 2.61. The van der Waals surface area contributed by atoms with Crippen LogP contribution in [0.1, 0.15) is 34.5 Å². The van der Waals surface area contributed by atoms with Crippen molar-refractivity contribution in [2.45, 2.75) is 40.0 Å². The number of H-pyrrole nitrogens is 1. The third kappa shape index (κ3) is 4.48. The Morgan fingerprint density at radius 3 is 2.52 bits per heavy atom. The normalized spacial score (nSPS) is 10.6. The van der Waals surface area contributed by atoms with Gasteiger partial charge in [0.1, 0.15) is 0 Å². The van der Waals surface area contributed by atoms with Gasteiger partial charge in [-0.25, -0.2) is 0 Å². The largest absolute Gasteiger partial charge is 0.362 e. The van der Waals surface area contributed by atoms with Gasteiger partial charge < -0.3 is 10.3 Å². The second-order valence-corrected chi connectivity index (χ2v) is 5.63. The fourth-order valence-electron chi connectivity index (χ4n) is 2.61. The second kappa shape index (κ2) is 7.11. The molecule has 1 heterocycles. The van der Waals surface area contributed by atoms with Crippen LogP contribution in [0.5, 0.6) is 0 Å². The van der Waals surface area contributed by atoms with E-state index in [0.29, 0.717) is 13.0 Å². The Hall–Kier alpha value is -2.03. The number of aromatic amines is 1. The highest BCUT2D eigenvalue weighted by Gasteiger charge is 2.05. The van der Waals surface area contributed by atoms with E-state index < -0.39 is 0 Å². The summed E-state index contributed by atoms with van der Waals surface area (Å²) in [6.45, 7) is 6.91. The number of carbonyl (C=O) groups is 1. The van der Waals surface area contributed by atoms with Crippen LogP contribution in [0.4, 0.5) is 0 Å². The molecule has 0 saturated heterocycles. The van der Waals surface area contributed by atoms with Crippen LogP contribution >= 0.6 is 0 Å². The molecule has 21 heavy (non-hydrogen) atoms. The summed E-state index contributed by atoms with van der Waals surface area (Å²) >= 11 is 0. The highest BCUT2D eigenvalue weighted by molar-refractivity contribution is 5.76. The lowest BCUT2D eigenvalue weighted by molar-refractivity contribution is -0.121. The van der Waals surface area contributed by atoms with Crippen molar-refractivity contribution in [3.05, 3.63) is 58.4 Å². The van der Waals surface area contributed by atoms with Crippen LogP contribution in [0.2, 0.25) is 0 Å². The van der Waals surface area contributed by atoms with Crippen LogP contribution in [0.15, 0.2) is 30.3 Å². The molecule has 2 N–H and O–H groups in total. The van der Waals surface area contributed by atoms with Crippen LogP contribution < -0.4 is 5.32 Å². The topological polar surface area (TPSA) is 44.9 Å². The molecule has 3 heteroatoms. The molecule has 0 fully saturated rings. The van der Waals surface area contributed by atoms with Crippen molar-refractivity contribution >= 4 is 5.91 Å². The lowest BCUT2D eigenvalue weighted by Gasteiger charge is -2.07. The van der Waals surface area contributed by atoms with Gasteiger partial charge in [0, 0.05) is 24.4 Å². The van der Waals surface area contributed by atoms with Crippen LogP contribution in [0.3, 0.4) is 0 Å². The zero-order chi connectivity index (χ0) is 15.2. The van der Waals surface area contributed by atoms with Gasteiger partial charge in [-0.2, -0.15) is 0 Å². The molecular weight excluding hydrogens is 260 g/mol. The molecule has 112 valence electrons. The maximum Gasteiger partial charge on any atom is 0.220 e. The molecule has 0 aliphatic carbocycles. The van der Waals surface area contributed by atoms with E-state index in [1.165, 1.54) is 28.1 Å². The van der Waals surface area contributed by atoms with Crippen molar-refractivity contribution in [2.24, 2.45) is 0 Å². The number of aryl methyl sites for hydroxylation is 4. The molecule has 2 rings (SSSR count). The third-order valence-corrected chi connectivity index (χ3v) is 3.86. The number of aromatic nitrogens is 1. The Morgan fingerprint density at radius 2 is 1.86 bits per heavy atom. The maximum atomic E-state index is 11.9. The van der Waals surface area contributed by atoms with Crippen molar-refractivity contribution < 1.29 is 4.79 Å². The number of carbonyl (C=O) groups excluding carboxylic acids is 1. The van der Waals surface area contributed by atoms with E-state index in [2.05, 4.69) is 49.3 Å². The molecule has 1 aromatic heterocycles. The minimum Gasteiger partial charge on any atom is -0.362 e. The number of hydrogen-bond acceptors (Lipinski definition) is 1. The summed E-state index contributed by atoms with van der Waals surface area (Å²) in [5.41, 5.74) is 6.16. The predicted molar refractivity (Wildman–Crippen MR) is 86.5 cm³/mol. The lowest BCUT2D eigenvalue weighted by Crippen LogP contribution is -2.26. The highest BCUT2D eigenvalue weighted by atomic mass is 16.1. The molecule has 0 radical (unpaired) electrons. The van der Waals surface area contributed by atoms with Gasteiger partial charge in [0.25, 0.3) is 0 Å². The first kappa shape index (κ1) is 15.4. The second-order valence-electron chi connectivity index (χ2n) is 5.63. The van der Waals surface area contributed by atoms with Gasteiger partial charge >= 0.3 is 0 Å². The summed E-state index contributed by atoms with van der Waals surface area (Å²) in [6.07, 6.45) is 2.24. The molecule has 0 saturated carbocycles. The van der Waals surface area contributed by atoms with E-state index in [-0.39, 0.29) is 5.91 Å². The van der Waals surface area contributed by atoms with Crippen molar-refractivity contribution in [3.63, 3.8) is 0 Å². The Labute approximate surface area is 126 Å². The Balaban J connectivity index is 1.73. The van der Waals surface area contributed by atoms with Crippen LogP contribution in [0.25, 0.3) is 0 Å². The molecule has 0 unspecified atom stereocenters. The summed E-state index contributed by atoms with van der Waals surface area (Å²) in [5.74, 6) is 0.128. The average molecular weight is 284 g/mol. The quantitative estimate of drug-likeness (QED) is 0.840. The number of rotatable bonds is 6. The molecule has 2 aromatic rings. The molecule has 1 amide bonds. The third-order valence-electron chi connectivity index (χ3n) is 3.86. The fraction of sp³-hybridized carbons (Fsp3) is 0.389. The first-order valence-corrected chi connectivity index (χ1v) is 7.52. The average Bonchev–Trinajstić information content (AvgIpc) is 2.76. The van der Waals surface area contributed by atoms with E-state index in [0.717, 1.165) is 12.8 Å². The van der Waals surface area contributed by atoms with Gasteiger partial charge in [0.15, 0.2) is 0 Å². The van der Waals surface area contributed by atoms with Gasteiger partial charge in [0.05, 0.1) is 0 Å². The monoisotopic (exact) mass is 284 g/mol. The molecule has 0 aliphatic rings. The highest BCUT2D eigenvalue weighted by Crippen LogP contribution is 2.10. The maximum absolute atomic E-state index is 11.9. The molecule has 0 aliphatic heterocycles.